The number of amides is 2. The fraction of sp³-hybridized carbons (Fsp3) is 0.300. The lowest BCUT2D eigenvalue weighted by Crippen LogP contribution is -2.24. The average molecular weight is 412 g/mol. The van der Waals surface area contributed by atoms with Crippen molar-refractivity contribution >= 4 is 34.6 Å². The fourth-order valence-electron chi connectivity index (χ4n) is 3.46. The summed E-state index contributed by atoms with van der Waals surface area (Å²) in [4.78, 5) is 45.4. The summed E-state index contributed by atoms with van der Waals surface area (Å²) in [5.41, 5.74) is -0.618. The van der Waals surface area contributed by atoms with E-state index in [0.717, 1.165) is 50.3 Å². The molecule has 2 aromatic rings. The first kappa shape index (κ1) is 20.9. The molecule has 0 bridgehead atoms. The monoisotopic (exact) mass is 412 g/mol. The molecule has 3 rings (SSSR count). The number of carbonyl (C=O) groups excluding carboxylic acids is 2. The lowest BCUT2D eigenvalue weighted by atomic mass is 9.88. The number of benzene rings is 2. The van der Waals surface area contributed by atoms with Crippen molar-refractivity contribution in [3.63, 3.8) is 0 Å². The molecule has 10 heteroatoms. The van der Waals surface area contributed by atoms with Gasteiger partial charge in [0, 0.05) is 23.4 Å². The first-order valence-corrected chi connectivity index (χ1v) is 9.50. The van der Waals surface area contributed by atoms with Crippen LogP contribution in [0.4, 0.5) is 22.7 Å². The van der Waals surface area contributed by atoms with E-state index in [-0.39, 0.29) is 17.4 Å². The van der Waals surface area contributed by atoms with Crippen LogP contribution in [-0.2, 0) is 4.79 Å². The third-order valence-electron chi connectivity index (χ3n) is 5.00. The number of nitrogens with zero attached hydrogens (tertiary/aromatic N) is 2. The highest BCUT2D eigenvalue weighted by Crippen LogP contribution is 2.27. The molecule has 0 saturated heterocycles. The standard InChI is InChI=1S/C20H20N4O6/c25-19(13-5-2-1-3-6-13)21-14-7-4-8-15(11-14)22-20(26)17-10-9-16(23(27)28)12-18(17)24(29)30/h4,7-13H,1-3,5-6H2,(H,21,25)(H,22,26). The Morgan fingerprint density at radius 3 is 2.17 bits per heavy atom. The van der Waals surface area contributed by atoms with Crippen molar-refractivity contribution in [2.75, 3.05) is 10.6 Å². The van der Waals surface area contributed by atoms with Crippen LogP contribution in [-0.4, -0.2) is 21.7 Å². The van der Waals surface area contributed by atoms with E-state index in [1.807, 2.05) is 0 Å². The predicted octanol–water partition coefficient (Wildman–Crippen LogP) is 4.27. The van der Waals surface area contributed by atoms with E-state index in [1.165, 1.54) is 0 Å². The summed E-state index contributed by atoms with van der Waals surface area (Å²) in [5.74, 6) is -0.878. The molecular formula is C20H20N4O6. The number of rotatable bonds is 6. The van der Waals surface area contributed by atoms with Crippen molar-refractivity contribution in [3.05, 3.63) is 68.3 Å². The molecule has 1 aliphatic carbocycles. The Bertz CT molecular complexity index is 1000. The Morgan fingerprint density at radius 1 is 0.867 bits per heavy atom. The van der Waals surface area contributed by atoms with Gasteiger partial charge in [-0.15, -0.1) is 0 Å². The second-order valence-corrected chi connectivity index (χ2v) is 7.07. The summed E-state index contributed by atoms with van der Waals surface area (Å²) >= 11 is 0. The number of nitrogens with one attached hydrogen (secondary N) is 2. The molecule has 0 radical (unpaired) electrons. The maximum absolute atomic E-state index is 12.5. The Hall–Kier alpha value is -3.82. The van der Waals surface area contributed by atoms with Gasteiger partial charge >= 0.3 is 0 Å². The van der Waals surface area contributed by atoms with E-state index in [4.69, 9.17) is 0 Å². The summed E-state index contributed by atoms with van der Waals surface area (Å²) in [6.45, 7) is 0. The van der Waals surface area contributed by atoms with Crippen molar-refractivity contribution in [3.8, 4) is 0 Å². The van der Waals surface area contributed by atoms with Crippen LogP contribution in [0.2, 0.25) is 0 Å². The van der Waals surface area contributed by atoms with E-state index < -0.39 is 27.1 Å². The molecule has 0 spiro atoms. The highest BCUT2D eigenvalue weighted by Gasteiger charge is 2.24. The van der Waals surface area contributed by atoms with Gasteiger partial charge < -0.3 is 10.6 Å². The van der Waals surface area contributed by atoms with Gasteiger partial charge in [0.1, 0.15) is 5.56 Å². The van der Waals surface area contributed by atoms with Crippen LogP contribution in [0.5, 0.6) is 0 Å². The number of hydrogen-bond acceptors (Lipinski definition) is 6. The van der Waals surface area contributed by atoms with Gasteiger partial charge in [-0.2, -0.15) is 0 Å². The first-order valence-electron chi connectivity index (χ1n) is 9.50. The molecule has 2 amide bonds. The second-order valence-electron chi connectivity index (χ2n) is 7.07. The van der Waals surface area contributed by atoms with Gasteiger partial charge in [-0.3, -0.25) is 29.8 Å². The third-order valence-corrected chi connectivity index (χ3v) is 5.00. The molecule has 1 fully saturated rings. The van der Waals surface area contributed by atoms with Gasteiger partial charge in [-0.25, -0.2) is 0 Å². The Kier molecular flexibility index (Phi) is 6.35. The number of carbonyl (C=O) groups is 2. The van der Waals surface area contributed by atoms with E-state index in [9.17, 15) is 29.8 Å². The largest absolute Gasteiger partial charge is 0.326 e. The zero-order chi connectivity index (χ0) is 21.7. The molecule has 0 aromatic heterocycles. The van der Waals surface area contributed by atoms with Crippen LogP contribution in [0.25, 0.3) is 0 Å². The van der Waals surface area contributed by atoms with Crippen LogP contribution >= 0.6 is 0 Å². The van der Waals surface area contributed by atoms with Gasteiger partial charge in [-0.1, -0.05) is 25.3 Å². The summed E-state index contributed by atoms with van der Waals surface area (Å²) in [5, 5.41) is 27.4. The van der Waals surface area contributed by atoms with Crippen LogP contribution in [0.3, 0.4) is 0 Å². The van der Waals surface area contributed by atoms with Crippen molar-refractivity contribution in [2.45, 2.75) is 32.1 Å². The minimum absolute atomic E-state index is 0.0280. The topological polar surface area (TPSA) is 144 Å². The van der Waals surface area contributed by atoms with Gasteiger partial charge in [0.25, 0.3) is 17.3 Å². The van der Waals surface area contributed by atoms with Crippen LogP contribution in [0.1, 0.15) is 42.5 Å². The second kappa shape index (κ2) is 9.12. The van der Waals surface area contributed by atoms with Crippen LogP contribution in [0.15, 0.2) is 42.5 Å². The predicted molar refractivity (Wildman–Crippen MR) is 109 cm³/mol. The van der Waals surface area contributed by atoms with Gasteiger partial charge in [0.05, 0.1) is 15.9 Å². The smallest absolute Gasteiger partial charge is 0.289 e. The van der Waals surface area contributed by atoms with Crippen molar-refractivity contribution in [1.82, 2.24) is 0 Å². The zero-order valence-electron chi connectivity index (χ0n) is 16.0. The molecule has 2 aromatic carbocycles. The molecule has 30 heavy (non-hydrogen) atoms. The van der Waals surface area contributed by atoms with Crippen molar-refractivity contribution in [1.29, 1.82) is 0 Å². The van der Waals surface area contributed by atoms with Crippen LogP contribution in [0, 0.1) is 26.1 Å². The lowest BCUT2D eigenvalue weighted by Gasteiger charge is -2.20. The van der Waals surface area contributed by atoms with E-state index in [0.29, 0.717) is 11.4 Å². The number of nitro benzene ring substituents is 2. The van der Waals surface area contributed by atoms with Crippen LogP contribution < -0.4 is 10.6 Å². The minimum Gasteiger partial charge on any atom is -0.326 e. The SMILES string of the molecule is O=C(Nc1cccc(NC(=O)C2CCCCC2)c1)c1ccc([N+](=O)[O-])cc1[N+](=O)[O-]. The van der Waals surface area contributed by atoms with E-state index in [2.05, 4.69) is 10.6 Å². The summed E-state index contributed by atoms with van der Waals surface area (Å²) in [6.07, 6.45) is 4.91. The Morgan fingerprint density at radius 2 is 1.53 bits per heavy atom. The average Bonchev–Trinajstić information content (AvgIpc) is 2.74. The number of nitro groups is 2. The first-order chi connectivity index (χ1) is 14.3. The number of non-ortho nitro benzene ring substituents is 1. The summed E-state index contributed by atoms with van der Waals surface area (Å²) in [7, 11) is 0. The minimum atomic E-state index is -0.845. The molecule has 0 aliphatic heterocycles. The Labute approximate surface area is 171 Å². The normalized spacial score (nSPS) is 14.0. The molecule has 1 aliphatic rings. The summed E-state index contributed by atoms with van der Waals surface area (Å²) < 4.78 is 0. The maximum atomic E-state index is 12.5. The molecule has 2 N–H and O–H groups in total. The highest BCUT2D eigenvalue weighted by atomic mass is 16.6. The molecule has 10 nitrogen and oxygen atoms in total. The number of hydrogen-bond donors (Lipinski definition) is 2. The molecule has 0 unspecified atom stereocenters. The van der Waals surface area contributed by atoms with Gasteiger partial charge in [0.15, 0.2) is 0 Å². The van der Waals surface area contributed by atoms with E-state index >= 15 is 0 Å². The zero-order valence-corrected chi connectivity index (χ0v) is 16.0. The summed E-state index contributed by atoms with van der Waals surface area (Å²) in [6, 6.07) is 9.26. The van der Waals surface area contributed by atoms with Gasteiger partial charge in [-0.05, 0) is 37.1 Å². The third kappa shape index (κ3) is 4.96. The molecule has 0 atom stereocenters. The molecule has 1 saturated carbocycles. The maximum Gasteiger partial charge on any atom is 0.289 e. The van der Waals surface area contributed by atoms with Gasteiger partial charge in [0.2, 0.25) is 5.91 Å². The van der Waals surface area contributed by atoms with E-state index in [1.54, 1.807) is 24.3 Å². The lowest BCUT2D eigenvalue weighted by molar-refractivity contribution is -0.394. The quantitative estimate of drug-likeness (QED) is 0.535. The fourth-order valence-corrected chi connectivity index (χ4v) is 3.46. The van der Waals surface area contributed by atoms with Crippen molar-refractivity contribution in [2.24, 2.45) is 5.92 Å². The molecule has 0 heterocycles. The highest BCUT2D eigenvalue weighted by molar-refractivity contribution is 6.07. The van der Waals surface area contributed by atoms with Crippen molar-refractivity contribution < 1.29 is 19.4 Å². The number of anilines is 2. The molecular weight excluding hydrogens is 392 g/mol. The Balaban J connectivity index is 1.74. The molecule has 156 valence electrons.